The average Bonchev–Trinajstić information content (AvgIpc) is 2.55. The van der Waals surface area contributed by atoms with Crippen LogP contribution in [0.4, 0.5) is 5.69 Å². The molecule has 2 aromatic carbocycles. The van der Waals surface area contributed by atoms with Gasteiger partial charge in [-0.15, -0.1) is 0 Å². The Labute approximate surface area is 127 Å². The first-order valence-electron chi connectivity index (χ1n) is 6.23. The first kappa shape index (κ1) is 14.8. The molecule has 0 aliphatic rings. The molecule has 0 radical (unpaired) electrons. The van der Waals surface area contributed by atoms with Gasteiger partial charge in [-0.05, 0) is 18.4 Å². The van der Waals surface area contributed by atoms with E-state index in [0.29, 0.717) is 22.0 Å². The third kappa shape index (κ3) is 3.71. The summed E-state index contributed by atoms with van der Waals surface area (Å²) in [6.07, 6.45) is 3.64. The normalized spacial score (nSPS) is 10.8. The van der Waals surface area contributed by atoms with Gasteiger partial charge in [0.05, 0.1) is 5.69 Å². The second kappa shape index (κ2) is 7.27. The van der Waals surface area contributed by atoms with E-state index in [4.69, 9.17) is 5.26 Å². The second-order valence-corrected chi connectivity index (χ2v) is 4.87. The summed E-state index contributed by atoms with van der Waals surface area (Å²) in [6, 6.07) is 16.1. The maximum Gasteiger partial charge on any atom is 0.195 e. The quantitative estimate of drug-likeness (QED) is 0.310. The van der Waals surface area contributed by atoms with E-state index in [1.54, 1.807) is 30.3 Å². The Morgan fingerprint density at radius 1 is 1.14 bits per heavy atom. The van der Waals surface area contributed by atoms with Gasteiger partial charge in [0.1, 0.15) is 0 Å². The molecule has 0 saturated carbocycles. The van der Waals surface area contributed by atoms with Gasteiger partial charge in [-0.3, -0.25) is 10.1 Å². The van der Waals surface area contributed by atoms with Gasteiger partial charge in [-0.25, -0.2) is 4.99 Å². The molecule has 0 unspecified atom stereocenters. The zero-order valence-corrected chi connectivity index (χ0v) is 12.2. The Kier molecular flexibility index (Phi) is 5.13. The van der Waals surface area contributed by atoms with Crippen molar-refractivity contribution in [2.75, 3.05) is 6.26 Å². The number of aliphatic imine (C=N–C) groups is 1. The van der Waals surface area contributed by atoms with Crippen molar-refractivity contribution < 1.29 is 4.79 Å². The van der Waals surface area contributed by atoms with Crippen LogP contribution in [0.2, 0.25) is 0 Å². The second-order valence-electron chi connectivity index (χ2n) is 4.07. The van der Waals surface area contributed by atoms with E-state index in [9.17, 15) is 4.79 Å². The number of thioether (sulfide) groups is 1. The Bertz CT molecular complexity index is 705. The summed E-state index contributed by atoms with van der Waals surface area (Å²) >= 11 is 1.31. The smallest absolute Gasteiger partial charge is 0.195 e. The van der Waals surface area contributed by atoms with Crippen molar-refractivity contribution in [2.45, 2.75) is 0 Å². The molecule has 0 saturated heterocycles. The molecule has 0 bridgehead atoms. The predicted molar refractivity (Wildman–Crippen MR) is 85.7 cm³/mol. The number of nitrogens with zero attached hydrogens (tertiary/aromatic N) is 2. The van der Waals surface area contributed by atoms with Crippen LogP contribution in [-0.2, 0) is 0 Å². The number of carbonyl (C=O) groups excluding carboxylic acids is 1. The molecule has 0 amide bonds. The minimum absolute atomic E-state index is 0.0904. The Morgan fingerprint density at radius 2 is 1.81 bits per heavy atom. The van der Waals surface area contributed by atoms with Gasteiger partial charge in [0.25, 0.3) is 0 Å². The van der Waals surface area contributed by atoms with Crippen LogP contribution in [0, 0.1) is 11.5 Å². The fourth-order valence-corrected chi connectivity index (χ4v) is 2.13. The molecule has 0 atom stereocenters. The van der Waals surface area contributed by atoms with Crippen LogP contribution in [0.25, 0.3) is 0 Å². The third-order valence-electron chi connectivity index (χ3n) is 2.76. The fraction of sp³-hybridized carbons (Fsp3) is 0.0625. The predicted octanol–water partition coefficient (Wildman–Crippen LogP) is 3.34. The maximum atomic E-state index is 12.5. The minimum Gasteiger partial charge on any atom is -0.289 e. The first-order valence-corrected chi connectivity index (χ1v) is 7.45. The highest BCUT2D eigenvalue weighted by Gasteiger charge is 2.13. The van der Waals surface area contributed by atoms with Gasteiger partial charge in [0.2, 0.25) is 0 Å². The molecule has 0 fully saturated rings. The van der Waals surface area contributed by atoms with Gasteiger partial charge in [0.15, 0.2) is 17.1 Å². The van der Waals surface area contributed by atoms with E-state index in [1.165, 1.54) is 11.8 Å². The van der Waals surface area contributed by atoms with Crippen LogP contribution in [0.5, 0.6) is 0 Å². The molecule has 4 nitrogen and oxygen atoms in total. The number of hydrogen-bond acceptors (Lipinski definition) is 4. The molecule has 0 spiro atoms. The number of rotatable bonds is 3. The van der Waals surface area contributed by atoms with Crippen LogP contribution in [0.1, 0.15) is 15.9 Å². The summed E-state index contributed by atoms with van der Waals surface area (Å²) in [5, 5.41) is 11.6. The van der Waals surface area contributed by atoms with E-state index < -0.39 is 0 Å². The van der Waals surface area contributed by atoms with Gasteiger partial charge in [-0.2, -0.15) is 5.26 Å². The van der Waals surface area contributed by atoms with Crippen LogP contribution in [0.3, 0.4) is 0 Å². The molecule has 2 aromatic rings. The SMILES string of the molecule is CSC(=Nc1ccccc1C(=O)c1ccccc1)NC#N. The molecular formula is C16H13N3OS. The minimum atomic E-state index is -0.0904. The van der Waals surface area contributed by atoms with Crippen molar-refractivity contribution in [1.82, 2.24) is 5.32 Å². The first-order chi connectivity index (χ1) is 10.3. The molecular weight excluding hydrogens is 282 g/mol. The largest absolute Gasteiger partial charge is 0.289 e. The summed E-state index contributed by atoms with van der Waals surface area (Å²) in [5.41, 5.74) is 1.66. The summed E-state index contributed by atoms with van der Waals surface area (Å²) in [4.78, 5) is 16.9. The number of ketones is 1. The molecule has 104 valence electrons. The molecule has 0 aromatic heterocycles. The number of amidine groups is 1. The monoisotopic (exact) mass is 295 g/mol. The number of benzene rings is 2. The zero-order chi connectivity index (χ0) is 15.1. The maximum absolute atomic E-state index is 12.5. The van der Waals surface area contributed by atoms with E-state index in [0.717, 1.165) is 0 Å². The summed E-state index contributed by atoms with van der Waals surface area (Å²) in [5.74, 6) is -0.0904. The van der Waals surface area contributed by atoms with Gasteiger partial charge in [-0.1, -0.05) is 54.2 Å². The number of para-hydroxylation sites is 1. The summed E-state index contributed by atoms with van der Waals surface area (Å²) < 4.78 is 0. The van der Waals surface area contributed by atoms with E-state index in [1.807, 2.05) is 36.7 Å². The van der Waals surface area contributed by atoms with E-state index >= 15 is 0 Å². The lowest BCUT2D eigenvalue weighted by molar-refractivity contribution is 0.103. The number of hydrogen-bond donors (Lipinski definition) is 1. The molecule has 21 heavy (non-hydrogen) atoms. The van der Waals surface area contributed by atoms with Crippen molar-refractivity contribution in [3.05, 3.63) is 65.7 Å². The van der Waals surface area contributed by atoms with Crippen LogP contribution < -0.4 is 5.32 Å². The molecule has 2 rings (SSSR count). The molecule has 0 heterocycles. The van der Waals surface area contributed by atoms with Gasteiger partial charge in [0, 0.05) is 11.1 Å². The van der Waals surface area contributed by atoms with Gasteiger partial charge >= 0.3 is 0 Å². The number of carbonyl (C=O) groups is 1. The average molecular weight is 295 g/mol. The van der Waals surface area contributed by atoms with Crippen LogP contribution in [0.15, 0.2) is 59.6 Å². The van der Waals surface area contributed by atoms with E-state index in [2.05, 4.69) is 10.3 Å². The van der Waals surface area contributed by atoms with Crippen molar-refractivity contribution in [3.8, 4) is 6.19 Å². The van der Waals surface area contributed by atoms with Crippen molar-refractivity contribution in [1.29, 1.82) is 5.26 Å². The Hall–Kier alpha value is -2.58. The highest BCUT2D eigenvalue weighted by atomic mass is 32.2. The van der Waals surface area contributed by atoms with Crippen LogP contribution in [-0.4, -0.2) is 17.2 Å². The van der Waals surface area contributed by atoms with Gasteiger partial charge < -0.3 is 0 Å². The zero-order valence-electron chi connectivity index (χ0n) is 11.4. The molecule has 5 heteroatoms. The third-order valence-corrected chi connectivity index (χ3v) is 3.34. The standard InChI is InChI=1S/C16H13N3OS/c1-21-16(18-11-17)19-14-10-6-5-9-13(14)15(20)12-7-3-2-4-8-12/h2-10H,1H3,(H,18,19). The van der Waals surface area contributed by atoms with Crippen molar-refractivity contribution >= 4 is 28.4 Å². The number of nitrogens with one attached hydrogen (secondary N) is 1. The summed E-state index contributed by atoms with van der Waals surface area (Å²) in [6.45, 7) is 0. The van der Waals surface area contributed by atoms with Crippen LogP contribution >= 0.6 is 11.8 Å². The lowest BCUT2D eigenvalue weighted by Gasteiger charge is -2.06. The molecule has 0 aliphatic carbocycles. The Morgan fingerprint density at radius 3 is 2.48 bits per heavy atom. The van der Waals surface area contributed by atoms with Crippen molar-refractivity contribution in [2.24, 2.45) is 4.99 Å². The molecule has 1 N–H and O–H groups in total. The fourth-order valence-electron chi connectivity index (χ4n) is 1.79. The topological polar surface area (TPSA) is 65.2 Å². The lowest BCUT2D eigenvalue weighted by Crippen LogP contribution is -2.13. The Balaban J connectivity index is 2.42. The highest BCUT2D eigenvalue weighted by molar-refractivity contribution is 8.13. The van der Waals surface area contributed by atoms with E-state index in [-0.39, 0.29) is 5.78 Å². The molecule has 0 aliphatic heterocycles. The number of nitriles is 1. The summed E-state index contributed by atoms with van der Waals surface area (Å²) in [7, 11) is 0. The van der Waals surface area contributed by atoms with Crippen molar-refractivity contribution in [3.63, 3.8) is 0 Å². The lowest BCUT2D eigenvalue weighted by atomic mass is 10.0. The highest BCUT2D eigenvalue weighted by Crippen LogP contribution is 2.23.